The fraction of sp³-hybridized carbons (Fsp3) is 0.611. The van der Waals surface area contributed by atoms with E-state index in [4.69, 9.17) is 0 Å². The molecule has 1 aromatic rings. The lowest BCUT2D eigenvalue weighted by Crippen LogP contribution is -2.45. The van der Waals surface area contributed by atoms with Crippen molar-refractivity contribution in [2.75, 3.05) is 33.7 Å². The molecule has 4 nitrogen and oxygen atoms in total. The lowest BCUT2D eigenvalue weighted by molar-refractivity contribution is -0.137. The van der Waals surface area contributed by atoms with Crippen molar-refractivity contribution in [3.63, 3.8) is 0 Å². The summed E-state index contributed by atoms with van der Waals surface area (Å²) >= 11 is 0. The summed E-state index contributed by atoms with van der Waals surface area (Å²) in [6.45, 7) is 4.53. The summed E-state index contributed by atoms with van der Waals surface area (Å²) in [5, 5.41) is 3.35. The second-order valence-electron chi connectivity index (χ2n) is 6.89. The molecule has 1 aromatic carbocycles. The average Bonchev–Trinajstić information content (AvgIpc) is 2.54. The largest absolute Gasteiger partial charge is 0.337 e. The SMILES string of the molecule is C[C@H]1C[C@@H](C(=O)N(CCN(C)C)Cc2ccc(F)c(F)c2)CCN1.Cl. The maximum Gasteiger partial charge on any atom is 0.226 e. The third-order valence-corrected chi connectivity index (χ3v) is 4.46. The molecular formula is C18H28ClF2N3O. The van der Waals surface area contributed by atoms with Gasteiger partial charge in [0.2, 0.25) is 5.91 Å². The highest BCUT2D eigenvalue weighted by atomic mass is 35.5. The monoisotopic (exact) mass is 375 g/mol. The van der Waals surface area contributed by atoms with Crippen molar-refractivity contribution in [3.05, 3.63) is 35.4 Å². The van der Waals surface area contributed by atoms with Gasteiger partial charge in [-0.15, -0.1) is 12.4 Å². The van der Waals surface area contributed by atoms with Crippen LogP contribution in [0.25, 0.3) is 0 Å². The number of likely N-dealkylation sites (N-methyl/N-ethyl adjacent to an activating group) is 1. The summed E-state index contributed by atoms with van der Waals surface area (Å²) in [6, 6.07) is 4.16. The van der Waals surface area contributed by atoms with Crippen LogP contribution in [0, 0.1) is 17.6 Å². The van der Waals surface area contributed by atoms with E-state index >= 15 is 0 Å². The van der Waals surface area contributed by atoms with Crippen LogP contribution in [0.4, 0.5) is 8.78 Å². The van der Waals surface area contributed by atoms with E-state index in [1.165, 1.54) is 6.07 Å². The molecule has 0 spiro atoms. The number of nitrogens with zero attached hydrogens (tertiary/aromatic N) is 2. The lowest BCUT2D eigenvalue weighted by Gasteiger charge is -2.33. The Bertz CT molecular complexity index is 571. The number of halogens is 3. The molecule has 0 aliphatic carbocycles. The van der Waals surface area contributed by atoms with Gasteiger partial charge in [0.1, 0.15) is 0 Å². The molecule has 1 fully saturated rings. The van der Waals surface area contributed by atoms with Crippen LogP contribution in [0.3, 0.4) is 0 Å². The zero-order valence-corrected chi connectivity index (χ0v) is 15.9. The van der Waals surface area contributed by atoms with Gasteiger partial charge in [0.25, 0.3) is 0 Å². The Morgan fingerprint density at radius 3 is 2.56 bits per heavy atom. The number of carbonyl (C=O) groups is 1. The van der Waals surface area contributed by atoms with Crippen LogP contribution in [0.2, 0.25) is 0 Å². The van der Waals surface area contributed by atoms with Gasteiger partial charge in [-0.2, -0.15) is 0 Å². The first-order valence-electron chi connectivity index (χ1n) is 8.47. The van der Waals surface area contributed by atoms with Crippen molar-refractivity contribution in [3.8, 4) is 0 Å². The number of benzene rings is 1. The van der Waals surface area contributed by atoms with Gasteiger partial charge in [-0.1, -0.05) is 6.07 Å². The zero-order chi connectivity index (χ0) is 17.7. The Balaban J connectivity index is 0.00000312. The third kappa shape index (κ3) is 6.53. The number of hydrogen-bond donors (Lipinski definition) is 1. The van der Waals surface area contributed by atoms with Gasteiger partial charge in [-0.25, -0.2) is 8.78 Å². The Morgan fingerprint density at radius 2 is 1.96 bits per heavy atom. The first kappa shape index (κ1) is 21.8. The molecule has 2 atom stereocenters. The molecule has 25 heavy (non-hydrogen) atoms. The molecule has 0 aromatic heterocycles. The number of nitrogens with one attached hydrogen (secondary N) is 1. The molecule has 0 radical (unpaired) electrons. The molecule has 1 amide bonds. The van der Waals surface area contributed by atoms with E-state index in [1.54, 1.807) is 11.0 Å². The summed E-state index contributed by atoms with van der Waals surface area (Å²) < 4.78 is 26.6. The Kier molecular flexibility index (Phi) is 8.76. The normalized spacial score (nSPS) is 20.2. The van der Waals surface area contributed by atoms with Crippen molar-refractivity contribution < 1.29 is 13.6 Å². The average molecular weight is 376 g/mol. The fourth-order valence-electron chi connectivity index (χ4n) is 3.06. The predicted octanol–water partition coefficient (Wildman–Crippen LogP) is 2.66. The zero-order valence-electron chi connectivity index (χ0n) is 15.1. The number of rotatable bonds is 6. The number of carbonyl (C=O) groups excluding carboxylic acids is 1. The first-order chi connectivity index (χ1) is 11.4. The summed E-state index contributed by atoms with van der Waals surface area (Å²) in [6.07, 6.45) is 1.63. The van der Waals surface area contributed by atoms with Gasteiger partial charge in [0, 0.05) is 31.6 Å². The summed E-state index contributed by atoms with van der Waals surface area (Å²) in [7, 11) is 3.90. The van der Waals surface area contributed by atoms with Gasteiger partial charge in [-0.3, -0.25) is 4.79 Å². The number of amides is 1. The van der Waals surface area contributed by atoms with Gasteiger partial charge in [0.05, 0.1) is 0 Å². The van der Waals surface area contributed by atoms with Crippen LogP contribution in [0.1, 0.15) is 25.3 Å². The van der Waals surface area contributed by atoms with Gasteiger partial charge in [-0.05, 0) is 58.1 Å². The number of piperidine rings is 1. The molecule has 1 saturated heterocycles. The number of hydrogen-bond acceptors (Lipinski definition) is 3. The van der Waals surface area contributed by atoms with Crippen molar-refractivity contribution in [2.45, 2.75) is 32.4 Å². The second-order valence-corrected chi connectivity index (χ2v) is 6.89. The van der Waals surface area contributed by atoms with Gasteiger partial charge in [0.15, 0.2) is 11.6 Å². The predicted molar refractivity (Wildman–Crippen MR) is 97.8 cm³/mol. The lowest BCUT2D eigenvalue weighted by atomic mass is 9.92. The topological polar surface area (TPSA) is 35.6 Å². The van der Waals surface area contributed by atoms with Crippen molar-refractivity contribution >= 4 is 18.3 Å². The molecule has 0 bridgehead atoms. The molecule has 7 heteroatoms. The van der Waals surface area contributed by atoms with E-state index in [2.05, 4.69) is 12.2 Å². The van der Waals surface area contributed by atoms with Gasteiger partial charge < -0.3 is 15.1 Å². The summed E-state index contributed by atoms with van der Waals surface area (Å²) in [4.78, 5) is 16.7. The molecule has 1 heterocycles. The van der Waals surface area contributed by atoms with Crippen molar-refractivity contribution in [1.29, 1.82) is 0 Å². The van der Waals surface area contributed by atoms with E-state index < -0.39 is 11.6 Å². The van der Waals surface area contributed by atoms with Crippen LogP contribution >= 0.6 is 12.4 Å². The minimum atomic E-state index is -0.872. The van der Waals surface area contributed by atoms with E-state index in [0.717, 1.165) is 32.0 Å². The summed E-state index contributed by atoms with van der Waals surface area (Å²) in [5.41, 5.74) is 0.614. The molecular weight excluding hydrogens is 348 g/mol. The highest BCUT2D eigenvalue weighted by Gasteiger charge is 2.28. The third-order valence-electron chi connectivity index (χ3n) is 4.46. The van der Waals surface area contributed by atoms with Crippen LogP contribution in [0.15, 0.2) is 18.2 Å². The van der Waals surface area contributed by atoms with Crippen LogP contribution in [-0.2, 0) is 11.3 Å². The maximum atomic E-state index is 13.5. The van der Waals surface area contributed by atoms with E-state index in [0.29, 0.717) is 24.7 Å². The minimum absolute atomic E-state index is 0. The molecule has 0 unspecified atom stereocenters. The Labute approximate surface area is 155 Å². The molecule has 0 saturated carbocycles. The molecule has 2 rings (SSSR count). The smallest absolute Gasteiger partial charge is 0.226 e. The maximum absolute atomic E-state index is 13.5. The standard InChI is InChI=1S/C18H27F2N3O.ClH/c1-13-10-15(6-7-21-13)18(24)23(9-8-22(2)3)12-14-4-5-16(19)17(20)11-14;/h4-5,11,13,15,21H,6-10,12H2,1-3H3;1H/t13-,15-;/m0./s1. The Morgan fingerprint density at radius 1 is 1.24 bits per heavy atom. The minimum Gasteiger partial charge on any atom is -0.337 e. The molecule has 1 aliphatic rings. The highest BCUT2D eigenvalue weighted by molar-refractivity contribution is 5.85. The van der Waals surface area contributed by atoms with Crippen LogP contribution in [-0.4, -0.2) is 55.5 Å². The fourth-order valence-corrected chi connectivity index (χ4v) is 3.06. The summed E-state index contributed by atoms with van der Waals surface area (Å²) in [5.74, 6) is -1.64. The highest BCUT2D eigenvalue weighted by Crippen LogP contribution is 2.20. The Hall–Kier alpha value is -1.24. The van der Waals surface area contributed by atoms with Crippen molar-refractivity contribution in [1.82, 2.24) is 15.1 Å². The van der Waals surface area contributed by atoms with E-state index in [-0.39, 0.29) is 24.2 Å². The van der Waals surface area contributed by atoms with Crippen LogP contribution in [0.5, 0.6) is 0 Å². The molecule has 1 N–H and O–H groups in total. The quantitative estimate of drug-likeness (QED) is 0.830. The van der Waals surface area contributed by atoms with E-state index in [9.17, 15) is 13.6 Å². The van der Waals surface area contributed by atoms with Crippen molar-refractivity contribution in [2.24, 2.45) is 5.92 Å². The first-order valence-corrected chi connectivity index (χ1v) is 8.47. The van der Waals surface area contributed by atoms with E-state index in [1.807, 2.05) is 19.0 Å². The van der Waals surface area contributed by atoms with Gasteiger partial charge >= 0.3 is 0 Å². The van der Waals surface area contributed by atoms with Crippen LogP contribution < -0.4 is 5.32 Å². The molecule has 142 valence electrons. The molecule has 1 aliphatic heterocycles. The second kappa shape index (κ2) is 10.0.